The fourth-order valence-corrected chi connectivity index (χ4v) is 3.45. The van der Waals surface area contributed by atoms with Crippen molar-refractivity contribution in [3.63, 3.8) is 0 Å². The summed E-state index contributed by atoms with van der Waals surface area (Å²) in [5.41, 5.74) is 0.616. The Bertz CT molecular complexity index is 704. The SMILES string of the molecule is O=c1ccc2cccc(CC[C@]3(O)CC[C@@H](NCl)CC3)c2o1. The van der Waals surface area contributed by atoms with E-state index in [1.807, 2.05) is 18.2 Å². The van der Waals surface area contributed by atoms with Crippen LogP contribution in [0.1, 0.15) is 37.7 Å². The molecule has 1 saturated carbocycles. The van der Waals surface area contributed by atoms with E-state index in [1.165, 1.54) is 6.07 Å². The number of halogens is 1. The number of nitrogens with one attached hydrogen (secondary N) is 1. The van der Waals surface area contributed by atoms with Crippen LogP contribution >= 0.6 is 11.8 Å². The van der Waals surface area contributed by atoms with Crippen LogP contribution in [0.5, 0.6) is 0 Å². The van der Waals surface area contributed by atoms with E-state index >= 15 is 0 Å². The standard InChI is InChI=1S/C17H20ClNO3/c18-19-14-7-10-17(21,11-8-14)9-6-13-3-1-2-12-4-5-15(20)22-16(12)13/h1-5,14,19,21H,6-11H2/t14-,17+. The maximum absolute atomic E-state index is 11.4. The van der Waals surface area contributed by atoms with E-state index in [2.05, 4.69) is 4.84 Å². The second-order valence-electron chi connectivity index (χ2n) is 6.20. The summed E-state index contributed by atoms with van der Waals surface area (Å²) in [6, 6.07) is 9.33. The molecule has 0 radical (unpaired) electrons. The molecule has 3 rings (SSSR count). The zero-order valence-corrected chi connectivity index (χ0v) is 13.1. The van der Waals surface area contributed by atoms with Gasteiger partial charge in [0.25, 0.3) is 0 Å². The van der Waals surface area contributed by atoms with Crippen LogP contribution in [0.2, 0.25) is 0 Å². The highest BCUT2D eigenvalue weighted by atomic mass is 35.5. The molecule has 0 unspecified atom stereocenters. The maximum atomic E-state index is 11.4. The molecule has 118 valence electrons. The second-order valence-corrected chi connectivity index (χ2v) is 6.42. The van der Waals surface area contributed by atoms with Gasteiger partial charge in [0.2, 0.25) is 0 Å². The Morgan fingerprint density at radius 3 is 2.77 bits per heavy atom. The molecule has 1 aliphatic carbocycles. The zero-order valence-electron chi connectivity index (χ0n) is 12.3. The molecular weight excluding hydrogens is 302 g/mol. The van der Waals surface area contributed by atoms with Gasteiger partial charge in [-0.05, 0) is 61.9 Å². The maximum Gasteiger partial charge on any atom is 0.336 e. The van der Waals surface area contributed by atoms with Crippen molar-refractivity contribution in [2.45, 2.75) is 50.2 Å². The van der Waals surface area contributed by atoms with Gasteiger partial charge in [-0.15, -0.1) is 0 Å². The molecule has 0 spiro atoms. The summed E-state index contributed by atoms with van der Waals surface area (Å²) in [5.74, 6) is 0. The van der Waals surface area contributed by atoms with Gasteiger partial charge in [0.15, 0.2) is 0 Å². The summed E-state index contributed by atoms with van der Waals surface area (Å²) >= 11 is 5.65. The lowest BCUT2D eigenvalue weighted by Crippen LogP contribution is -2.39. The summed E-state index contributed by atoms with van der Waals surface area (Å²) in [5, 5.41) is 11.6. The van der Waals surface area contributed by atoms with E-state index in [4.69, 9.17) is 16.2 Å². The Balaban J connectivity index is 1.74. The Morgan fingerprint density at radius 2 is 2.05 bits per heavy atom. The number of fused-ring (bicyclic) bond motifs is 1. The van der Waals surface area contributed by atoms with Crippen LogP contribution < -0.4 is 10.5 Å². The molecule has 0 amide bonds. The predicted octanol–water partition coefficient (Wildman–Crippen LogP) is 3.14. The Morgan fingerprint density at radius 1 is 1.27 bits per heavy atom. The monoisotopic (exact) mass is 321 g/mol. The molecule has 0 saturated heterocycles. The Kier molecular flexibility index (Phi) is 4.52. The van der Waals surface area contributed by atoms with E-state index in [0.717, 1.165) is 36.6 Å². The summed E-state index contributed by atoms with van der Waals surface area (Å²) in [7, 11) is 0. The van der Waals surface area contributed by atoms with Gasteiger partial charge in [-0.2, -0.15) is 0 Å². The number of para-hydroxylation sites is 1. The Labute approximate surface area is 134 Å². The predicted molar refractivity (Wildman–Crippen MR) is 87.0 cm³/mol. The number of aryl methyl sites for hydroxylation is 1. The Hall–Kier alpha value is -1.36. The third-order valence-electron chi connectivity index (χ3n) is 4.66. The van der Waals surface area contributed by atoms with E-state index in [-0.39, 0.29) is 11.7 Å². The number of benzene rings is 1. The first-order valence-corrected chi connectivity index (χ1v) is 8.08. The average molecular weight is 322 g/mol. The van der Waals surface area contributed by atoms with Crippen molar-refractivity contribution in [1.82, 2.24) is 4.84 Å². The number of hydrogen-bond donors (Lipinski definition) is 2. The molecule has 2 N–H and O–H groups in total. The molecule has 1 heterocycles. The summed E-state index contributed by atoms with van der Waals surface area (Å²) < 4.78 is 5.34. The topological polar surface area (TPSA) is 62.5 Å². The van der Waals surface area contributed by atoms with Gasteiger partial charge in [0.1, 0.15) is 5.58 Å². The number of rotatable bonds is 4. The summed E-state index contributed by atoms with van der Waals surface area (Å²) in [4.78, 5) is 14.2. The van der Waals surface area contributed by atoms with Crippen LogP contribution in [0.25, 0.3) is 11.0 Å². The van der Waals surface area contributed by atoms with E-state index < -0.39 is 5.60 Å². The van der Waals surface area contributed by atoms with Gasteiger partial charge in [-0.1, -0.05) is 18.2 Å². The third kappa shape index (κ3) is 3.35. The van der Waals surface area contributed by atoms with Gasteiger partial charge in [-0.3, -0.25) is 0 Å². The lowest BCUT2D eigenvalue weighted by atomic mass is 9.79. The quantitative estimate of drug-likeness (QED) is 0.671. The fraction of sp³-hybridized carbons (Fsp3) is 0.471. The molecule has 4 nitrogen and oxygen atoms in total. The van der Waals surface area contributed by atoms with E-state index in [1.54, 1.807) is 6.07 Å². The molecule has 0 atom stereocenters. The molecule has 5 heteroatoms. The minimum atomic E-state index is -0.651. The van der Waals surface area contributed by atoms with Crippen LogP contribution in [0, 0.1) is 0 Å². The van der Waals surface area contributed by atoms with Gasteiger partial charge in [0, 0.05) is 17.5 Å². The molecular formula is C17H20ClNO3. The van der Waals surface area contributed by atoms with Crippen molar-refractivity contribution in [1.29, 1.82) is 0 Å². The first-order valence-electron chi connectivity index (χ1n) is 7.70. The molecule has 0 aliphatic heterocycles. The van der Waals surface area contributed by atoms with Gasteiger partial charge < -0.3 is 9.52 Å². The number of hydrogen-bond acceptors (Lipinski definition) is 4. The highest BCUT2D eigenvalue weighted by Gasteiger charge is 2.32. The van der Waals surface area contributed by atoms with Crippen molar-refractivity contribution < 1.29 is 9.52 Å². The highest BCUT2D eigenvalue weighted by Crippen LogP contribution is 2.33. The fourth-order valence-electron chi connectivity index (χ4n) is 3.23. The molecule has 0 bridgehead atoms. The average Bonchev–Trinajstić information content (AvgIpc) is 2.54. The lowest BCUT2D eigenvalue weighted by Gasteiger charge is -2.35. The zero-order chi connectivity index (χ0) is 15.6. The number of aliphatic hydroxyl groups is 1. The van der Waals surface area contributed by atoms with Gasteiger partial charge in [0.05, 0.1) is 5.60 Å². The minimum absolute atomic E-state index is 0.289. The molecule has 22 heavy (non-hydrogen) atoms. The smallest absolute Gasteiger partial charge is 0.336 e. The third-order valence-corrected chi connectivity index (χ3v) is 4.97. The van der Waals surface area contributed by atoms with Crippen molar-refractivity contribution in [3.05, 3.63) is 46.3 Å². The van der Waals surface area contributed by atoms with Crippen molar-refractivity contribution in [2.24, 2.45) is 0 Å². The molecule has 1 aromatic heterocycles. The molecule has 2 aromatic rings. The van der Waals surface area contributed by atoms with Gasteiger partial charge in [-0.25, -0.2) is 9.63 Å². The normalized spacial score (nSPS) is 25.5. The summed E-state index contributed by atoms with van der Waals surface area (Å²) in [6.07, 6.45) is 4.60. The first-order chi connectivity index (χ1) is 10.6. The van der Waals surface area contributed by atoms with Gasteiger partial charge >= 0.3 is 5.63 Å². The second kappa shape index (κ2) is 6.41. The van der Waals surface area contributed by atoms with Crippen LogP contribution in [-0.2, 0) is 6.42 Å². The van der Waals surface area contributed by atoms with E-state index in [0.29, 0.717) is 18.4 Å². The van der Waals surface area contributed by atoms with Crippen LogP contribution in [0.15, 0.2) is 39.5 Å². The van der Waals surface area contributed by atoms with E-state index in [9.17, 15) is 9.90 Å². The van der Waals surface area contributed by atoms with Crippen molar-refractivity contribution in [2.75, 3.05) is 0 Å². The highest BCUT2D eigenvalue weighted by molar-refractivity contribution is 6.13. The lowest BCUT2D eigenvalue weighted by molar-refractivity contribution is -0.00874. The minimum Gasteiger partial charge on any atom is -0.422 e. The summed E-state index contributed by atoms with van der Waals surface area (Å²) in [6.45, 7) is 0. The molecule has 1 aliphatic rings. The first kappa shape index (κ1) is 15.5. The molecule has 1 aromatic carbocycles. The van der Waals surface area contributed by atoms with Crippen molar-refractivity contribution >= 4 is 22.7 Å². The molecule has 1 fully saturated rings. The van der Waals surface area contributed by atoms with Crippen molar-refractivity contribution in [3.8, 4) is 0 Å². The van der Waals surface area contributed by atoms with Crippen LogP contribution in [0.3, 0.4) is 0 Å². The van der Waals surface area contributed by atoms with Crippen LogP contribution in [0.4, 0.5) is 0 Å². The van der Waals surface area contributed by atoms with Crippen LogP contribution in [-0.4, -0.2) is 16.7 Å². The largest absolute Gasteiger partial charge is 0.422 e.